The Morgan fingerprint density at radius 2 is 2.06 bits per heavy atom. The molecule has 11 nitrogen and oxygen atoms in total. The third-order valence-electron chi connectivity index (χ3n) is 5.56. The normalized spacial score (nSPS) is 18.2. The Hall–Kier alpha value is -3.73. The molecule has 1 fully saturated rings. The van der Waals surface area contributed by atoms with Gasteiger partial charge in [-0.3, -0.25) is 9.36 Å². The zero-order chi connectivity index (χ0) is 22.3. The fourth-order valence-corrected chi connectivity index (χ4v) is 3.78. The van der Waals surface area contributed by atoms with Gasteiger partial charge in [0.1, 0.15) is 17.3 Å². The quantitative estimate of drug-likeness (QED) is 0.471. The Bertz CT molecular complexity index is 1270. The first kappa shape index (κ1) is 20.2. The number of fused-ring (bicyclic) bond motifs is 1. The summed E-state index contributed by atoms with van der Waals surface area (Å²) in [7, 11) is 5.30. The summed E-state index contributed by atoms with van der Waals surface area (Å²) in [5.74, 6) is 2.40. The van der Waals surface area contributed by atoms with Crippen LogP contribution in [0.5, 0.6) is 5.88 Å². The van der Waals surface area contributed by atoms with E-state index >= 15 is 0 Å². The molecule has 0 unspecified atom stereocenters. The fourth-order valence-electron chi connectivity index (χ4n) is 3.78. The van der Waals surface area contributed by atoms with Crippen molar-refractivity contribution < 1.29 is 9.47 Å². The van der Waals surface area contributed by atoms with Gasteiger partial charge in [0.05, 0.1) is 36.5 Å². The van der Waals surface area contributed by atoms with Crippen LogP contribution in [0.1, 0.15) is 13.3 Å². The van der Waals surface area contributed by atoms with Crippen molar-refractivity contribution in [3.8, 4) is 17.4 Å². The molecule has 0 aromatic carbocycles. The number of hydrogen-bond donors (Lipinski definition) is 2. The maximum absolute atomic E-state index is 5.61. The largest absolute Gasteiger partial charge is 0.481 e. The van der Waals surface area contributed by atoms with Crippen molar-refractivity contribution in [1.29, 1.82) is 0 Å². The van der Waals surface area contributed by atoms with Gasteiger partial charge in [-0.25, -0.2) is 9.97 Å². The third kappa shape index (κ3) is 3.71. The lowest BCUT2D eigenvalue weighted by Gasteiger charge is -2.25. The maximum atomic E-state index is 5.61. The number of rotatable bonds is 6. The third-order valence-corrected chi connectivity index (χ3v) is 5.56. The van der Waals surface area contributed by atoms with Crippen LogP contribution in [0, 0.1) is 0 Å². The molecule has 0 radical (unpaired) electrons. The number of anilines is 3. The van der Waals surface area contributed by atoms with E-state index in [4.69, 9.17) is 14.5 Å². The molecule has 5 heterocycles. The molecule has 1 aliphatic rings. The van der Waals surface area contributed by atoms with Crippen molar-refractivity contribution in [2.75, 3.05) is 31.0 Å². The van der Waals surface area contributed by atoms with Crippen LogP contribution < -0.4 is 15.4 Å². The number of aryl methyl sites for hydroxylation is 2. The van der Waals surface area contributed by atoms with Crippen LogP contribution in [0.25, 0.3) is 22.6 Å². The summed E-state index contributed by atoms with van der Waals surface area (Å²) in [6.45, 7) is 3.57. The topological polar surface area (TPSA) is 117 Å². The zero-order valence-electron chi connectivity index (χ0n) is 18.5. The summed E-state index contributed by atoms with van der Waals surface area (Å²) in [6, 6.07) is 5.56. The molecule has 32 heavy (non-hydrogen) atoms. The molecule has 0 spiro atoms. The molecule has 0 aliphatic carbocycles. The van der Waals surface area contributed by atoms with Crippen molar-refractivity contribution >= 4 is 28.4 Å². The molecule has 5 rings (SSSR count). The lowest BCUT2D eigenvalue weighted by Crippen LogP contribution is -2.35. The van der Waals surface area contributed by atoms with E-state index in [2.05, 4.69) is 37.7 Å². The van der Waals surface area contributed by atoms with Crippen LogP contribution >= 0.6 is 0 Å². The molecule has 11 heteroatoms. The Labute approximate surface area is 184 Å². The van der Waals surface area contributed by atoms with Crippen LogP contribution in [-0.2, 0) is 18.8 Å². The second-order valence-electron chi connectivity index (χ2n) is 8.13. The smallest absolute Gasteiger partial charge is 0.216 e. The van der Waals surface area contributed by atoms with Gasteiger partial charge < -0.3 is 20.1 Å². The molecule has 1 saturated heterocycles. The van der Waals surface area contributed by atoms with Crippen LogP contribution in [0.2, 0.25) is 0 Å². The van der Waals surface area contributed by atoms with Crippen molar-refractivity contribution in [2.24, 2.45) is 14.1 Å². The van der Waals surface area contributed by atoms with Gasteiger partial charge in [0.2, 0.25) is 5.88 Å². The molecular formula is C21H25N9O2. The highest BCUT2D eigenvalue weighted by Gasteiger charge is 2.30. The van der Waals surface area contributed by atoms with E-state index < -0.39 is 0 Å². The van der Waals surface area contributed by atoms with Crippen LogP contribution in [-0.4, -0.2) is 60.4 Å². The lowest BCUT2D eigenvalue weighted by atomic mass is 10.0. The van der Waals surface area contributed by atoms with Gasteiger partial charge in [-0.2, -0.15) is 15.2 Å². The molecule has 166 valence electrons. The Balaban J connectivity index is 1.49. The summed E-state index contributed by atoms with van der Waals surface area (Å²) in [5.41, 5.74) is 2.23. The van der Waals surface area contributed by atoms with Crippen molar-refractivity contribution in [3.63, 3.8) is 0 Å². The SMILES string of the molecule is COc1ccnc(-c2cc(Nc3cc(N[C@@]4(C)CCOC4)c4cnn(C)c4n3)n(C)n2)n1. The minimum atomic E-state index is -0.134. The minimum Gasteiger partial charge on any atom is -0.481 e. The first-order valence-corrected chi connectivity index (χ1v) is 10.3. The van der Waals surface area contributed by atoms with E-state index in [9.17, 15) is 0 Å². The molecule has 1 atom stereocenters. The van der Waals surface area contributed by atoms with E-state index in [1.807, 2.05) is 32.4 Å². The first-order chi connectivity index (χ1) is 15.4. The highest BCUT2D eigenvalue weighted by Crippen LogP contribution is 2.32. The summed E-state index contributed by atoms with van der Waals surface area (Å²) in [6.07, 6.45) is 4.41. The van der Waals surface area contributed by atoms with Gasteiger partial charge in [0, 0.05) is 45.1 Å². The molecule has 0 saturated carbocycles. The Kier molecular flexibility index (Phi) is 4.89. The predicted molar refractivity (Wildman–Crippen MR) is 120 cm³/mol. The number of pyridine rings is 1. The van der Waals surface area contributed by atoms with Gasteiger partial charge in [0.25, 0.3) is 0 Å². The van der Waals surface area contributed by atoms with Crippen LogP contribution in [0.15, 0.2) is 30.6 Å². The van der Waals surface area contributed by atoms with Crippen molar-refractivity contribution in [3.05, 3.63) is 30.6 Å². The number of hydrogen-bond acceptors (Lipinski definition) is 9. The van der Waals surface area contributed by atoms with Crippen molar-refractivity contribution in [2.45, 2.75) is 18.9 Å². The fraction of sp³-hybridized carbons (Fsp3) is 0.381. The van der Waals surface area contributed by atoms with E-state index in [0.717, 1.165) is 35.6 Å². The van der Waals surface area contributed by atoms with Gasteiger partial charge >= 0.3 is 0 Å². The highest BCUT2D eigenvalue weighted by atomic mass is 16.5. The van der Waals surface area contributed by atoms with Crippen LogP contribution in [0.3, 0.4) is 0 Å². The van der Waals surface area contributed by atoms with Gasteiger partial charge in [0.15, 0.2) is 11.5 Å². The van der Waals surface area contributed by atoms with Gasteiger partial charge in [-0.05, 0) is 13.3 Å². The maximum Gasteiger partial charge on any atom is 0.216 e. The predicted octanol–water partition coefficient (Wildman–Crippen LogP) is 2.50. The highest BCUT2D eigenvalue weighted by molar-refractivity contribution is 5.91. The number of nitrogens with one attached hydrogen (secondary N) is 2. The summed E-state index contributed by atoms with van der Waals surface area (Å²) < 4.78 is 14.3. The molecule has 4 aromatic heterocycles. The van der Waals surface area contributed by atoms with Gasteiger partial charge in [-0.1, -0.05) is 0 Å². The molecule has 1 aliphatic heterocycles. The van der Waals surface area contributed by atoms with E-state index in [1.165, 1.54) is 0 Å². The summed E-state index contributed by atoms with van der Waals surface area (Å²) >= 11 is 0. The molecule has 0 amide bonds. The average Bonchev–Trinajstić information content (AvgIpc) is 3.48. The Morgan fingerprint density at radius 3 is 2.84 bits per heavy atom. The van der Waals surface area contributed by atoms with E-state index in [0.29, 0.717) is 29.8 Å². The standard InChI is InChI=1S/C21H25N9O2/c1-21(6-8-32-12-21)27-14-9-16(25-20-13(14)11-23-30(20)3)24-17-10-15(28-29(17)2)19-22-7-5-18(26-19)31-4/h5,7,9-11H,6,8,12H2,1-4H3,(H2,24,25,27)/t21-/m0/s1. The lowest BCUT2D eigenvalue weighted by molar-refractivity contribution is 0.185. The van der Waals surface area contributed by atoms with E-state index in [-0.39, 0.29) is 5.54 Å². The molecule has 0 bridgehead atoms. The Morgan fingerprint density at radius 1 is 1.19 bits per heavy atom. The van der Waals surface area contributed by atoms with Gasteiger partial charge in [-0.15, -0.1) is 0 Å². The summed E-state index contributed by atoms with van der Waals surface area (Å²) in [5, 5.41) is 16.9. The average molecular weight is 435 g/mol. The van der Waals surface area contributed by atoms with Crippen LogP contribution in [0.4, 0.5) is 17.3 Å². The molecular weight excluding hydrogens is 410 g/mol. The first-order valence-electron chi connectivity index (χ1n) is 10.3. The summed E-state index contributed by atoms with van der Waals surface area (Å²) in [4.78, 5) is 13.4. The minimum absolute atomic E-state index is 0.134. The van der Waals surface area contributed by atoms with E-state index in [1.54, 1.807) is 28.7 Å². The second-order valence-corrected chi connectivity index (χ2v) is 8.13. The van der Waals surface area contributed by atoms with Crippen molar-refractivity contribution in [1.82, 2.24) is 34.5 Å². The number of nitrogens with zero attached hydrogens (tertiary/aromatic N) is 7. The monoisotopic (exact) mass is 435 g/mol. The number of aromatic nitrogens is 7. The number of ether oxygens (including phenoxy) is 2. The molecule has 4 aromatic rings. The second kappa shape index (κ2) is 7.75. The zero-order valence-corrected chi connectivity index (χ0v) is 18.5. The number of methoxy groups -OCH3 is 1. The molecule has 2 N–H and O–H groups in total.